The Bertz CT molecular complexity index is 712. The van der Waals surface area contributed by atoms with Crippen LogP contribution >= 0.6 is 0 Å². The van der Waals surface area contributed by atoms with Gasteiger partial charge in [-0.3, -0.25) is 0 Å². The molecule has 98 valence electrons. The molecule has 0 saturated carbocycles. The molecule has 0 radical (unpaired) electrons. The Balaban J connectivity index is 1.98. The van der Waals surface area contributed by atoms with E-state index in [9.17, 15) is 4.39 Å². The van der Waals surface area contributed by atoms with Crippen molar-refractivity contribution in [3.63, 3.8) is 0 Å². The lowest BCUT2D eigenvalue weighted by molar-refractivity contribution is 0.624. The first kappa shape index (κ1) is 12.4. The Labute approximate surface area is 117 Å². The minimum atomic E-state index is -0.221. The van der Waals surface area contributed by atoms with Gasteiger partial charge < -0.3 is 4.57 Å². The number of para-hydroxylation sites is 1. The molecule has 3 rings (SSSR count). The SMILES string of the molecule is Fc1ccn(-c2ccccc2)c1/C=C/c1ccccc1. The molecular formula is C18H14FN. The quantitative estimate of drug-likeness (QED) is 0.640. The van der Waals surface area contributed by atoms with Crippen LogP contribution in [0.5, 0.6) is 0 Å². The zero-order valence-corrected chi connectivity index (χ0v) is 10.9. The van der Waals surface area contributed by atoms with Crippen molar-refractivity contribution in [2.75, 3.05) is 0 Å². The Morgan fingerprint density at radius 2 is 1.40 bits per heavy atom. The molecule has 0 spiro atoms. The smallest absolute Gasteiger partial charge is 0.148 e. The van der Waals surface area contributed by atoms with Gasteiger partial charge in [-0.25, -0.2) is 4.39 Å². The van der Waals surface area contributed by atoms with E-state index in [-0.39, 0.29) is 5.82 Å². The highest BCUT2D eigenvalue weighted by Crippen LogP contribution is 2.18. The van der Waals surface area contributed by atoms with Gasteiger partial charge in [0.1, 0.15) is 5.82 Å². The summed E-state index contributed by atoms with van der Waals surface area (Å²) in [4.78, 5) is 0. The van der Waals surface area contributed by atoms with Crippen LogP contribution in [-0.4, -0.2) is 4.57 Å². The zero-order chi connectivity index (χ0) is 13.8. The monoisotopic (exact) mass is 263 g/mol. The van der Waals surface area contributed by atoms with Crippen molar-refractivity contribution in [1.29, 1.82) is 0 Å². The summed E-state index contributed by atoms with van der Waals surface area (Å²) in [5, 5.41) is 0. The minimum absolute atomic E-state index is 0.221. The van der Waals surface area contributed by atoms with Crippen LogP contribution in [0.3, 0.4) is 0 Å². The molecule has 0 aliphatic carbocycles. The molecule has 0 amide bonds. The van der Waals surface area contributed by atoms with Crippen LogP contribution < -0.4 is 0 Å². The average molecular weight is 263 g/mol. The largest absolute Gasteiger partial charge is 0.314 e. The van der Waals surface area contributed by atoms with E-state index in [4.69, 9.17) is 0 Å². The van der Waals surface area contributed by atoms with Crippen LogP contribution in [0.1, 0.15) is 11.3 Å². The molecule has 2 aromatic carbocycles. The van der Waals surface area contributed by atoms with Gasteiger partial charge in [0.2, 0.25) is 0 Å². The Hall–Kier alpha value is -2.61. The molecule has 0 unspecified atom stereocenters. The molecule has 1 heterocycles. The highest BCUT2D eigenvalue weighted by molar-refractivity contribution is 5.69. The van der Waals surface area contributed by atoms with Crippen molar-refractivity contribution in [2.24, 2.45) is 0 Å². The van der Waals surface area contributed by atoms with E-state index in [2.05, 4.69) is 0 Å². The second-order valence-electron chi connectivity index (χ2n) is 4.50. The van der Waals surface area contributed by atoms with Gasteiger partial charge in [0.25, 0.3) is 0 Å². The molecule has 2 heteroatoms. The third kappa shape index (κ3) is 2.54. The van der Waals surface area contributed by atoms with Crippen molar-refractivity contribution in [2.45, 2.75) is 0 Å². The van der Waals surface area contributed by atoms with E-state index in [1.165, 1.54) is 6.07 Å². The van der Waals surface area contributed by atoms with Gasteiger partial charge in [-0.2, -0.15) is 0 Å². The van der Waals surface area contributed by atoms with Gasteiger partial charge in [0.15, 0.2) is 0 Å². The lowest BCUT2D eigenvalue weighted by Gasteiger charge is -2.06. The summed E-state index contributed by atoms with van der Waals surface area (Å²) >= 11 is 0. The molecule has 3 aromatic rings. The van der Waals surface area contributed by atoms with Crippen LogP contribution in [0.2, 0.25) is 0 Å². The molecule has 0 saturated heterocycles. The zero-order valence-electron chi connectivity index (χ0n) is 10.9. The maximum Gasteiger partial charge on any atom is 0.148 e. The first-order valence-electron chi connectivity index (χ1n) is 6.50. The molecule has 0 atom stereocenters. The fraction of sp³-hybridized carbons (Fsp3) is 0. The van der Waals surface area contributed by atoms with Crippen molar-refractivity contribution in [3.05, 3.63) is 90.0 Å². The van der Waals surface area contributed by atoms with E-state index in [1.807, 2.05) is 71.3 Å². The molecule has 0 aliphatic heterocycles. The summed E-state index contributed by atoms with van der Waals surface area (Å²) in [7, 11) is 0. The summed E-state index contributed by atoms with van der Waals surface area (Å²) in [6.07, 6.45) is 5.46. The van der Waals surface area contributed by atoms with Gasteiger partial charge in [-0.05, 0) is 29.8 Å². The molecule has 0 bridgehead atoms. The lowest BCUT2D eigenvalue weighted by atomic mass is 10.2. The van der Waals surface area contributed by atoms with E-state index in [1.54, 1.807) is 12.3 Å². The molecule has 1 nitrogen and oxygen atoms in total. The number of hydrogen-bond donors (Lipinski definition) is 0. The maximum atomic E-state index is 13.9. The fourth-order valence-electron chi connectivity index (χ4n) is 2.13. The average Bonchev–Trinajstić information content (AvgIpc) is 2.88. The summed E-state index contributed by atoms with van der Waals surface area (Å²) in [6, 6.07) is 21.1. The fourth-order valence-corrected chi connectivity index (χ4v) is 2.13. The van der Waals surface area contributed by atoms with Crippen molar-refractivity contribution in [3.8, 4) is 5.69 Å². The predicted molar refractivity (Wildman–Crippen MR) is 81.1 cm³/mol. The molecule has 0 N–H and O–H groups in total. The Morgan fingerprint density at radius 3 is 2.10 bits per heavy atom. The summed E-state index contributed by atoms with van der Waals surface area (Å²) in [5.74, 6) is -0.221. The van der Waals surface area contributed by atoms with Gasteiger partial charge in [-0.15, -0.1) is 0 Å². The summed E-state index contributed by atoms with van der Waals surface area (Å²) in [5.41, 5.74) is 2.55. The third-order valence-electron chi connectivity index (χ3n) is 3.14. The van der Waals surface area contributed by atoms with Gasteiger partial charge in [0, 0.05) is 11.9 Å². The van der Waals surface area contributed by atoms with E-state index < -0.39 is 0 Å². The third-order valence-corrected chi connectivity index (χ3v) is 3.14. The highest BCUT2D eigenvalue weighted by Gasteiger charge is 2.06. The van der Waals surface area contributed by atoms with Crippen molar-refractivity contribution >= 4 is 12.2 Å². The Kier molecular flexibility index (Phi) is 3.46. The molecule has 0 aliphatic rings. The lowest BCUT2D eigenvalue weighted by Crippen LogP contribution is -1.95. The van der Waals surface area contributed by atoms with E-state index in [0.717, 1.165) is 11.3 Å². The highest BCUT2D eigenvalue weighted by atomic mass is 19.1. The minimum Gasteiger partial charge on any atom is -0.314 e. The van der Waals surface area contributed by atoms with E-state index >= 15 is 0 Å². The predicted octanol–water partition coefficient (Wildman–Crippen LogP) is 4.79. The molecular weight excluding hydrogens is 249 g/mol. The van der Waals surface area contributed by atoms with Crippen LogP contribution in [0.4, 0.5) is 4.39 Å². The number of rotatable bonds is 3. The van der Waals surface area contributed by atoms with Crippen LogP contribution in [0, 0.1) is 5.82 Å². The number of nitrogens with zero attached hydrogens (tertiary/aromatic N) is 1. The number of aromatic nitrogens is 1. The first-order valence-corrected chi connectivity index (χ1v) is 6.50. The Morgan fingerprint density at radius 1 is 0.750 bits per heavy atom. The summed E-state index contributed by atoms with van der Waals surface area (Å²) in [6.45, 7) is 0. The molecule has 1 aromatic heterocycles. The van der Waals surface area contributed by atoms with Crippen molar-refractivity contribution < 1.29 is 4.39 Å². The standard InChI is InChI=1S/C18H14FN/c19-17-13-14-20(16-9-5-2-6-10-16)18(17)12-11-15-7-3-1-4-8-15/h1-14H/b12-11+. The first-order chi connectivity index (χ1) is 9.84. The van der Waals surface area contributed by atoms with Crippen LogP contribution in [0.25, 0.3) is 17.8 Å². The number of hydrogen-bond acceptors (Lipinski definition) is 0. The second kappa shape index (κ2) is 5.57. The maximum absolute atomic E-state index is 13.9. The molecule has 0 fully saturated rings. The molecule has 20 heavy (non-hydrogen) atoms. The topological polar surface area (TPSA) is 4.93 Å². The normalized spacial score (nSPS) is 11.1. The van der Waals surface area contributed by atoms with Gasteiger partial charge >= 0.3 is 0 Å². The van der Waals surface area contributed by atoms with Gasteiger partial charge in [-0.1, -0.05) is 54.6 Å². The number of benzene rings is 2. The van der Waals surface area contributed by atoms with Gasteiger partial charge in [0.05, 0.1) is 5.69 Å². The van der Waals surface area contributed by atoms with Crippen LogP contribution in [0.15, 0.2) is 72.9 Å². The number of halogens is 1. The summed E-state index contributed by atoms with van der Waals surface area (Å²) < 4.78 is 15.8. The van der Waals surface area contributed by atoms with Crippen LogP contribution in [-0.2, 0) is 0 Å². The van der Waals surface area contributed by atoms with Crippen molar-refractivity contribution in [1.82, 2.24) is 4.57 Å². The van der Waals surface area contributed by atoms with E-state index in [0.29, 0.717) is 5.69 Å². The second-order valence-corrected chi connectivity index (χ2v) is 4.50.